The second-order valence-electron chi connectivity index (χ2n) is 5.51. The fraction of sp³-hybridized carbons (Fsp3) is 0.571. The van der Waals surface area contributed by atoms with Gasteiger partial charge in [0.05, 0.1) is 6.33 Å². The molecule has 1 fully saturated rings. The molecule has 7 nitrogen and oxygen atoms in total. The highest BCUT2D eigenvalue weighted by Gasteiger charge is 2.41. The molecule has 1 aliphatic heterocycles. The van der Waals surface area contributed by atoms with Crippen molar-refractivity contribution in [2.75, 3.05) is 6.54 Å². The van der Waals surface area contributed by atoms with E-state index in [0.717, 1.165) is 17.9 Å². The number of nitrogens with zero attached hydrogens (tertiary/aromatic N) is 3. The number of urea groups is 1. The van der Waals surface area contributed by atoms with Gasteiger partial charge in [0, 0.05) is 25.5 Å². The Bertz CT molecular complexity index is 524. The third kappa shape index (κ3) is 3.48. The molecule has 0 bridgehead atoms. The number of aryl methyl sites for hydroxylation is 1. The molecule has 1 aliphatic rings. The molecule has 2 heterocycles. The van der Waals surface area contributed by atoms with Gasteiger partial charge in [-0.15, -0.1) is 0 Å². The van der Waals surface area contributed by atoms with E-state index in [0.29, 0.717) is 13.0 Å². The Hall–Kier alpha value is -2.18. The first-order valence-corrected chi connectivity index (χ1v) is 7.12. The molecule has 21 heavy (non-hydrogen) atoms. The topological polar surface area (TPSA) is 84.3 Å². The Morgan fingerprint density at radius 3 is 2.57 bits per heavy atom. The number of unbranched alkanes of at least 4 members (excludes halogenated alkanes) is 1. The average Bonchev–Trinajstić information content (AvgIpc) is 2.89. The van der Waals surface area contributed by atoms with Gasteiger partial charge in [-0.1, -0.05) is 13.8 Å². The average molecular weight is 292 g/mol. The van der Waals surface area contributed by atoms with Gasteiger partial charge in [0.15, 0.2) is 0 Å². The number of aromatic nitrogens is 2. The molecule has 1 N–H and O–H groups in total. The summed E-state index contributed by atoms with van der Waals surface area (Å²) in [7, 11) is 0. The number of hydrogen-bond acceptors (Lipinski definition) is 4. The van der Waals surface area contributed by atoms with Crippen molar-refractivity contribution in [1.82, 2.24) is 19.8 Å². The van der Waals surface area contributed by atoms with E-state index in [1.807, 2.05) is 10.8 Å². The smallest absolute Gasteiger partial charge is 0.330 e. The number of imide groups is 2. The third-order valence-corrected chi connectivity index (χ3v) is 3.56. The Morgan fingerprint density at radius 2 is 1.95 bits per heavy atom. The fourth-order valence-electron chi connectivity index (χ4n) is 2.41. The van der Waals surface area contributed by atoms with Crippen LogP contribution in [0.2, 0.25) is 0 Å². The van der Waals surface area contributed by atoms with Crippen LogP contribution in [0.3, 0.4) is 0 Å². The maximum atomic E-state index is 12.2. The summed E-state index contributed by atoms with van der Waals surface area (Å²) in [6, 6.07) is -0.607. The van der Waals surface area contributed by atoms with Crippen molar-refractivity contribution in [2.45, 2.75) is 33.2 Å². The number of hydrogen-bond donors (Lipinski definition) is 1. The second-order valence-corrected chi connectivity index (χ2v) is 5.51. The lowest BCUT2D eigenvalue weighted by molar-refractivity contribution is -0.144. The number of rotatable bonds is 6. The van der Waals surface area contributed by atoms with Crippen LogP contribution < -0.4 is 5.32 Å². The van der Waals surface area contributed by atoms with Gasteiger partial charge in [-0.3, -0.25) is 19.8 Å². The van der Waals surface area contributed by atoms with Crippen molar-refractivity contribution in [3.8, 4) is 0 Å². The number of nitrogens with one attached hydrogen (secondary N) is 1. The minimum absolute atomic E-state index is 0.126. The van der Waals surface area contributed by atoms with E-state index in [4.69, 9.17) is 0 Å². The quantitative estimate of drug-likeness (QED) is 0.626. The van der Waals surface area contributed by atoms with Crippen LogP contribution in [0, 0.1) is 11.8 Å². The minimum atomic E-state index is -0.767. The zero-order valence-corrected chi connectivity index (χ0v) is 12.3. The van der Waals surface area contributed by atoms with Crippen molar-refractivity contribution in [3.63, 3.8) is 0 Å². The summed E-state index contributed by atoms with van der Waals surface area (Å²) >= 11 is 0. The van der Waals surface area contributed by atoms with Gasteiger partial charge < -0.3 is 4.57 Å². The Morgan fingerprint density at radius 1 is 1.24 bits per heavy atom. The van der Waals surface area contributed by atoms with E-state index < -0.39 is 17.9 Å². The number of carbonyl (C=O) groups is 3. The molecule has 1 atom stereocenters. The highest BCUT2D eigenvalue weighted by molar-refractivity contribution is 6.16. The van der Waals surface area contributed by atoms with Crippen LogP contribution in [-0.4, -0.2) is 38.8 Å². The largest absolute Gasteiger partial charge is 0.337 e. The molecule has 4 amide bonds. The first-order chi connectivity index (χ1) is 10.0. The Balaban J connectivity index is 1.87. The number of barbiturate groups is 1. The van der Waals surface area contributed by atoms with E-state index in [1.54, 1.807) is 26.4 Å². The van der Waals surface area contributed by atoms with E-state index in [1.165, 1.54) is 0 Å². The summed E-state index contributed by atoms with van der Waals surface area (Å²) < 4.78 is 1.94. The minimum Gasteiger partial charge on any atom is -0.337 e. The first-order valence-electron chi connectivity index (χ1n) is 7.12. The predicted molar refractivity (Wildman–Crippen MR) is 75.0 cm³/mol. The molecule has 0 aliphatic carbocycles. The summed E-state index contributed by atoms with van der Waals surface area (Å²) in [6.45, 7) is 4.72. The van der Waals surface area contributed by atoms with E-state index >= 15 is 0 Å². The molecule has 0 saturated carbocycles. The zero-order valence-electron chi connectivity index (χ0n) is 12.3. The van der Waals surface area contributed by atoms with Crippen LogP contribution in [0.4, 0.5) is 4.79 Å². The van der Waals surface area contributed by atoms with E-state index in [-0.39, 0.29) is 11.8 Å². The van der Waals surface area contributed by atoms with Gasteiger partial charge in [-0.05, 0) is 18.8 Å². The van der Waals surface area contributed by atoms with Crippen LogP contribution in [-0.2, 0) is 16.1 Å². The molecule has 0 spiro atoms. The maximum Gasteiger partial charge on any atom is 0.330 e. The van der Waals surface area contributed by atoms with Gasteiger partial charge in [0.2, 0.25) is 11.8 Å². The Labute approximate surface area is 123 Å². The van der Waals surface area contributed by atoms with Crippen LogP contribution in [0.5, 0.6) is 0 Å². The summed E-state index contributed by atoms with van der Waals surface area (Å²) in [5.74, 6) is -1.77. The van der Waals surface area contributed by atoms with Gasteiger partial charge in [0.25, 0.3) is 0 Å². The molecule has 1 unspecified atom stereocenters. The fourth-order valence-corrected chi connectivity index (χ4v) is 2.41. The van der Waals surface area contributed by atoms with Gasteiger partial charge in [0.1, 0.15) is 5.92 Å². The molecule has 114 valence electrons. The highest BCUT2D eigenvalue weighted by Crippen LogP contribution is 2.19. The van der Waals surface area contributed by atoms with Crippen molar-refractivity contribution >= 4 is 17.8 Å². The maximum absolute atomic E-state index is 12.2. The van der Waals surface area contributed by atoms with Crippen molar-refractivity contribution in [3.05, 3.63) is 18.7 Å². The molecule has 7 heteroatoms. The molecule has 2 rings (SSSR count). The first kappa shape index (κ1) is 15.2. The summed E-state index contributed by atoms with van der Waals surface area (Å²) in [6.07, 6.45) is 6.82. The van der Waals surface area contributed by atoms with Crippen molar-refractivity contribution in [1.29, 1.82) is 0 Å². The van der Waals surface area contributed by atoms with Crippen LogP contribution in [0.1, 0.15) is 26.7 Å². The monoisotopic (exact) mass is 292 g/mol. The number of amides is 4. The molecular weight excluding hydrogens is 272 g/mol. The van der Waals surface area contributed by atoms with Crippen molar-refractivity contribution < 1.29 is 14.4 Å². The third-order valence-electron chi connectivity index (χ3n) is 3.56. The summed E-state index contributed by atoms with van der Waals surface area (Å²) in [5, 5.41) is 2.26. The predicted octanol–water partition coefficient (Wildman–Crippen LogP) is 1.01. The number of imidazole rings is 1. The molecule has 1 aromatic heterocycles. The zero-order chi connectivity index (χ0) is 15.4. The molecule has 1 aromatic rings. The van der Waals surface area contributed by atoms with E-state index in [2.05, 4.69) is 10.3 Å². The van der Waals surface area contributed by atoms with Gasteiger partial charge >= 0.3 is 6.03 Å². The molecule has 1 saturated heterocycles. The lowest BCUT2D eigenvalue weighted by Gasteiger charge is -2.31. The summed E-state index contributed by atoms with van der Waals surface area (Å²) in [5.41, 5.74) is 0. The molecule has 0 radical (unpaired) electrons. The van der Waals surface area contributed by atoms with Crippen LogP contribution >= 0.6 is 0 Å². The lowest BCUT2D eigenvalue weighted by atomic mass is 9.92. The number of carbonyl (C=O) groups excluding carboxylic acids is 3. The van der Waals surface area contributed by atoms with Crippen LogP contribution in [0.25, 0.3) is 0 Å². The molecule has 0 aromatic carbocycles. The van der Waals surface area contributed by atoms with Gasteiger partial charge in [-0.25, -0.2) is 9.78 Å². The van der Waals surface area contributed by atoms with Gasteiger partial charge in [-0.2, -0.15) is 0 Å². The second kappa shape index (κ2) is 6.51. The van der Waals surface area contributed by atoms with E-state index in [9.17, 15) is 14.4 Å². The van der Waals surface area contributed by atoms with Crippen LogP contribution in [0.15, 0.2) is 18.7 Å². The Kier molecular flexibility index (Phi) is 4.72. The normalized spacial score (nSPS) is 19.3. The SMILES string of the molecule is CC(C)C1C(=O)NC(=O)N(CCCCn2ccnc2)C1=O. The highest BCUT2D eigenvalue weighted by atomic mass is 16.2. The lowest BCUT2D eigenvalue weighted by Crippen LogP contribution is -2.59. The standard InChI is InChI=1S/C14H20N4O3/c1-10(2)11-12(19)16-14(21)18(13(11)20)7-4-3-6-17-8-5-15-9-17/h5,8-11H,3-4,6-7H2,1-2H3,(H,16,19,21). The summed E-state index contributed by atoms with van der Waals surface area (Å²) in [4.78, 5) is 40.8. The molecular formula is C14H20N4O3. The van der Waals surface area contributed by atoms with Crippen molar-refractivity contribution in [2.24, 2.45) is 11.8 Å².